The summed E-state index contributed by atoms with van der Waals surface area (Å²) in [5.74, 6) is -1.33. The highest BCUT2D eigenvalue weighted by molar-refractivity contribution is 5.36. The molecular formula is C14H12F4N2. The molecule has 1 unspecified atom stereocenters. The van der Waals surface area contributed by atoms with E-state index in [1.165, 1.54) is 6.07 Å². The van der Waals surface area contributed by atoms with Gasteiger partial charge in [-0.2, -0.15) is 13.2 Å². The number of benzene rings is 1. The summed E-state index contributed by atoms with van der Waals surface area (Å²) in [6.07, 6.45) is -3.13. The van der Waals surface area contributed by atoms with Gasteiger partial charge in [0.2, 0.25) is 0 Å². The lowest BCUT2D eigenvalue weighted by Crippen LogP contribution is -2.15. The molecule has 1 heterocycles. The van der Waals surface area contributed by atoms with Gasteiger partial charge in [0, 0.05) is 11.9 Å². The summed E-state index contributed by atoms with van der Waals surface area (Å²) >= 11 is 0. The van der Waals surface area contributed by atoms with Crippen LogP contribution in [0.5, 0.6) is 0 Å². The maximum absolute atomic E-state index is 13.5. The van der Waals surface area contributed by atoms with E-state index in [-0.39, 0.29) is 5.56 Å². The second-order valence-corrected chi connectivity index (χ2v) is 4.39. The van der Waals surface area contributed by atoms with E-state index in [0.717, 1.165) is 6.07 Å². The highest BCUT2D eigenvalue weighted by Crippen LogP contribution is 2.33. The average molecular weight is 284 g/mol. The van der Waals surface area contributed by atoms with Gasteiger partial charge in [-0.1, -0.05) is 12.1 Å². The Kier molecular flexibility index (Phi) is 3.76. The Labute approximate surface area is 113 Å². The molecule has 2 nitrogen and oxygen atoms in total. The normalized spacial score (nSPS) is 13.3. The van der Waals surface area contributed by atoms with Gasteiger partial charge < -0.3 is 5.73 Å². The largest absolute Gasteiger partial charge is 0.419 e. The predicted octanol–water partition coefficient (Wildman–Crippen LogP) is 3.60. The average Bonchev–Trinajstić information content (AvgIpc) is 2.37. The first kappa shape index (κ1) is 14.5. The van der Waals surface area contributed by atoms with Gasteiger partial charge in [-0.15, -0.1) is 0 Å². The molecule has 0 saturated carbocycles. The molecule has 0 aliphatic rings. The zero-order valence-corrected chi connectivity index (χ0v) is 10.6. The van der Waals surface area contributed by atoms with E-state index in [1.54, 1.807) is 25.3 Å². The Morgan fingerprint density at radius 2 is 1.90 bits per heavy atom. The van der Waals surface area contributed by atoms with Crippen molar-refractivity contribution in [3.63, 3.8) is 0 Å². The fraction of sp³-hybridized carbons (Fsp3) is 0.214. The van der Waals surface area contributed by atoms with Crippen LogP contribution in [0.15, 0.2) is 36.5 Å². The minimum absolute atomic E-state index is 0.270. The van der Waals surface area contributed by atoms with Gasteiger partial charge in [0.25, 0.3) is 0 Å². The third-order valence-corrected chi connectivity index (χ3v) is 3.04. The quantitative estimate of drug-likeness (QED) is 0.856. The number of aromatic nitrogens is 1. The van der Waals surface area contributed by atoms with Crippen LogP contribution in [0.2, 0.25) is 0 Å². The molecule has 0 spiro atoms. The van der Waals surface area contributed by atoms with Gasteiger partial charge in [-0.25, -0.2) is 4.39 Å². The molecule has 2 N–H and O–H groups in total. The van der Waals surface area contributed by atoms with Gasteiger partial charge >= 0.3 is 6.18 Å². The number of hydrogen-bond donors (Lipinski definition) is 1. The first-order valence-electron chi connectivity index (χ1n) is 5.84. The molecule has 0 amide bonds. The Morgan fingerprint density at radius 1 is 1.20 bits per heavy atom. The molecule has 0 aliphatic carbocycles. The number of pyridine rings is 1. The van der Waals surface area contributed by atoms with E-state index >= 15 is 0 Å². The van der Waals surface area contributed by atoms with Crippen LogP contribution in [-0.4, -0.2) is 4.98 Å². The summed E-state index contributed by atoms with van der Waals surface area (Å²) < 4.78 is 51.0. The van der Waals surface area contributed by atoms with Crippen LogP contribution in [0.25, 0.3) is 0 Å². The van der Waals surface area contributed by atoms with Gasteiger partial charge in [-0.3, -0.25) is 4.98 Å². The first-order chi connectivity index (χ1) is 9.30. The van der Waals surface area contributed by atoms with Crippen LogP contribution in [0, 0.1) is 12.7 Å². The van der Waals surface area contributed by atoms with Crippen LogP contribution < -0.4 is 5.73 Å². The summed E-state index contributed by atoms with van der Waals surface area (Å²) in [5.41, 5.74) is 6.23. The molecule has 106 valence electrons. The van der Waals surface area contributed by atoms with Crippen LogP contribution in [-0.2, 0) is 6.18 Å². The fourth-order valence-corrected chi connectivity index (χ4v) is 1.96. The number of aryl methyl sites for hydroxylation is 1. The van der Waals surface area contributed by atoms with Crippen LogP contribution >= 0.6 is 0 Å². The van der Waals surface area contributed by atoms with E-state index in [0.29, 0.717) is 17.3 Å². The summed E-state index contributed by atoms with van der Waals surface area (Å²) in [6, 6.07) is 5.37. The van der Waals surface area contributed by atoms with Crippen molar-refractivity contribution in [2.45, 2.75) is 19.1 Å². The number of halogens is 4. The molecule has 1 aromatic heterocycles. The molecule has 2 rings (SSSR count). The number of hydrogen-bond acceptors (Lipinski definition) is 2. The van der Waals surface area contributed by atoms with E-state index < -0.39 is 23.6 Å². The van der Waals surface area contributed by atoms with Crippen molar-refractivity contribution < 1.29 is 17.6 Å². The maximum atomic E-state index is 13.5. The lowest BCUT2D eigenvalue weighted by atomic mass is 9.97. The molecule has 1 aromatic carbocycles. The van der Waals surface area contributed by atoms with Gasteiger partial charge in [0.15, 0.2) is 0 Å². The number of rotatable bonds is 2. The van der Waals surface area contributed by atoms with Crippen molar-refractivity contribution in [2.24, 2.45) is 5.73 Å². The second-order valence-electron chi connectivity index (χ2n) is 4.39. The maximum Gasteiger partial charge on any atom is 0.419 e. The van der Waals surface area contributed by atoms with E-state index in [2.05, 4.69) is 4.98 Å². The standard InChI is InChI=1S/C14H12F4N2/c1-8-10(3-2-6-20-8)13(19)9-4-5-11(12(15)7-9)14(16,17)18/h2-7,13H,19H2,1H3. The highest BCUT2D eigenvalue weighted by Gasteiger charge is 2.34. The number of alkyl halides is 3. The number of nitrogens with two attached hydrogens (primary N) is 1. The minimum Gasteiger partial charge on any atom is -0.320 e. The van der Waals surface area contributed by atoms with Crippen LogP contribution in [0.4, 0.5) is 17.6 Å². The Balaban J connectivity index is 2.40. The summed E-state index contributed by atoms with van der Waals surface area (Å²) in [5, 5.41) is 0. The molecule has 0 radical (unpaired) electrons. The van der Waals surface area contributed by atoms with Crippen LogP contribution in [0.1, 0.15) is 28.4 Å². The molecule has 0 bridgehead atoms. The van der Waals surface area contributed by atoms with E-state index in [9.17, 15) is 17.6 Å². The zero-order chi connectivity index (χ0) is 14.9. The summed E-state index contributed by atoms with van der Waals surface area (Å²) in [4.78, 5) is 4.05. The minimum atomic E-state index is -4.71. The third-order valence-electron chi connectivity index (χ3n) is 3.04. The molecular weight excluding hydrogens is 272 g/mol. The van der Waals surface area contributed by atoms with Crippen molar-refractivity contribution in [1.29, 1.82) is 0 Å². The summed E-state index contributed by atoms with van der Waals surface area (Å²) in [6.45, 7) is 1.73. The van der Waals surface area contributed by atoms with Crippen molar-refractivity contribution in [3.8, 4) is 0 Å². The van der Waals surface area contributed by atoms with Gasteiger partial charge in [0.05, 0.1) is 11.6 Å². The molecule has 2 aromatic rings. The number of nitrogens with zero attached hydrogens (tertiary/aromatic N) is 1. The monoisotopic (exact) mass is 284 g/mol. The van der Waals surface area contributed by atoms with Crippen molar-refractivity contribution in [3.05, 3.63) is 64.7 Å². The fourth-order valence-electron chi connectivity index (χ4n) is 1.96. The van der Waals surface area contributed by atoms with Gasteiger partial charge in [0.1, 0.15) is 5.82 Å². The molecule has 20 heavy (non-hydrogen) atoms. The molecule has 6 heteroatoms. The molecule has 0 fully saturated rings. The highest BCUT2D eigenvalue weighted by atomic mass is 19.4. The van der Waals surface area contributed by atoms with E-state index in [1.807, 2.05) is 0 Å². The second kappa shape index (κ2) is 5.20. The lowest BCUT2D eigenvalue weighted by Gasteiger charge is -2.16. The molecule has 0 aliphatic heterocycles. The zero-order valence-electron chi connectivity index (χ0n) is 10.6. The van der Waals surface area contributed by atoms with Gasteiger partial charge in [-0.05, 0) is 36.2 Å². The summed E-state index contributed by atoms with van der Waals surface area (Å²) in [7, 11) is 0. The SMILES string of the molecule is Cc1ncccc1C(N)c1ccc(C(F)(F)F)c(F)c1. The Morgan fingerprint density at radius 3 is 2.45 bits per heavy atom. The van der Waals surface area contributed by atoms with Crippen molar-refractivity contribution in [1.82, 2.24) is 4.98 Å². The smallest absolute Gasteiger partial charge is 0.320 e. The topological polar surface area (TPSA) is 38.9 Å². The Bertz CT molecular complexity index is 623. The van der Waals surface area contributed by atoms with Crippen molar-refractivity contribution >= 4 is 0 Å². The Hall–Kier alpha value is -1.95. The first-order valence-corrected chi connectivity index (χ1v) is 5.84. The van der Waals surface area contributed by atoms with Crippen LogP contribution in [0.3, 0.4) is 0 Å². The predicted molar refractivity (Wildman–Crippen MR) is 66.4 cm³/mol. The van der Waals surface area contributed by atoms with Crippen molar-refractivity contribution in [2.75, 3.05) is 0 Å². The lowest BCUT2D eigenvalue weighted by molar-refractivity contribution is -0.140. The molecule has 1 atom stereocenters. The van der Waals surface area contributed by atoms with E-state index in [4.69, 9.17) is 5.73 Å². The molecule has 0 saturated heterocycles. The third kappa shape index (κ3) is 2.80.